The minimum Gasteiger partial charge on any atom is -0.493 e. The lowest BCUT2D eigenvalue weighted by Crippen LogP contribution is -2.06. The van der Waals surface area contributed by atoms with Crippen molar-refractivity contribution in [3.63, 3.8) is 0 Å². The fourth-order valence-electron chi connectivity index (χ4n) is 2.45. The van der Waals surface area contributed by atoms with Crippen LogP contribution in [0.1, 0.15) is 20.8 Å². The minimum absolute atomic E-state index is 0.0942. The van der Waals surface area contributed by atoms with Gasteiger partial charge in [-0.15, -0.1) is 0 Å². The van der Waals surface area contributed by atoms with E-state index in [0.717, 1.165) is 33.6 Å². The van der Waals surface area contributed by atoms with Gasteiger partial charge in [0.25, 0.3) is 0 Å². The van der Waals surface area contributed by atoms with Crippen molar-refractivity contribution in [2.75, 3.05) is 12.9 Å². The van der Waals surface area contributed by atoms with Gasteiger partial charge in [0.15, 0.2) is 16.7 Å². The van der Waals surface area contributed by atoms with Gasteiger partial charge < -0.3 is 9.47 Å². The molecule has 2 heterocycles. The molecule has 0 unspecified atom stereocenters. The predicted molar refractivity (Wildman–Crippen MR) is 97.1 cm³/mol. The van der Waals surface area contributed by atoms with E-state index in [1.54, 1.807) is 25.1 Å². The monoisotopic (exact) mass is 343 g/mol. The largest absolute Gasteiger partial charge is 0.493 e. The first-order valence-electron chi connectivity index (χ1n) is 7.94. The number of imidazole rings is 1. The van der Waals surface area contributed by atoms with E-state index >= 15 is 0 Å². The molecule has 0 saturated carbocycles. The molecule has 0 aliphatic carbocycles. The number of aromatic nitrogens is 3. The summed E-state index contributed by atoms with van der Waals surface area (Å²) in [4.78, 5) is 9.19. The summed E-state index contributed by atoms with van der Waals surface area (Å²) in [6.45, 7) is 6.10. The zero-order valence-corrected chi connectivity index (χ0v) is 15.1. The van der Waals surface area contributed by atoms with Crippen molar-refractivity contribution in [3.05, 3.63) is 36.7 Å². The lowest BCUT2D eigenvalue weighted by atomic mass is 10.1. The molecule has 0 aliphatic rings. The molecule has 1 aromatic carbocycles. The molecule has 0 amide bonds. The van der Waals surface area contributed by atoms with Gasteiger partial charge in [-0.1, -0.05) is 18.7 Å². The summed E-state index contributed by atoms with van der Waals surface area (Å²) < 4.78 is 13.3. The van der Waals surface area contributed by atoms with Gasteiger partial charge in [-0.2, -0.15) is 0 Å². The number of fused-ring (bicyclic) bond motifs is 1. The molecule has 5 nitrogen and oxygen atoms in total. The highest BCUT2D eigenvalue weighted by Gasteiger charge is 2.12. The van der Waals surface area contributed by atoms with E-state index in [0.29, 0.717) is 5.75 Å². The summed E-state index contributed by atoms with van der Waals surface area (Å²) in [6.07, 6.45) is 3.82. The van der Waals surface area contributed by atoms with E-state index in [-0.39, 0.29) is 6.10 Å². The van der Waals surface area contributed by atoms with Crippen molar-refractivity contribution >= 4 is 17.4 Å². The Kier molecular flexibility index (Phi) is 4.94. The van der Waals surface area contributed by atoms with Crippen LogP contribution < -0.4 is 9.47 Å². The molecular weight excluding hydrogens is 322 g/mol. The van der Waals surface area contributed by atoms with Crippen LogP contribution in [-0.2, 0) is 0 Å². The zero-order valence-electron chi connectivity index (χ0n) is 14.3. The lowest BCUT2D eigenvalue weighted by Gasteiger charge is -2.14. The maximum Gasteiger partial charge on any atom is 0.174 e. The average Bonchev–Trinajstić information content (AvgIpc) is 3.03. The molecule has 2 aromatic heterocycles. The van der Waals surface area contributed by atoms with Crippen LogP contribution in [-0.4, -0.2) is 33.3 Å². The number of benzene rings is 1. The van der Waals surface area contributed by atoms with Gasteiger partial charge in [0.05, 0.1) is 18.9 Å². The Bertz CT molecular complexity index is 845. The highest BCUT2D eigenvalue weighted by Crippen LogP contribution is 2.33. The number of methoxy groups -OCH3 is 1. The van der Waals surface area contributed by atoms with Gasteiger partial charge >= 0.3 is 0 Å². The molecule has 0 N–H and O–H groups in total. The van der Waals surface area contributed by atoms with Gasteiger partial charge in [0.2, 0.25) is 0 Å². The molecule has 6 heteroatoms. The van der Waals surface area contributed by atoms with Gasteiger partial charge in [0.1, 0.15) is 5.65 Å². The Morgan fingerprint density at radius 3 is 2.75 bits per heavy atom. The Labute approximate surface area is 146 Å². The Morgan fingerprint density at radius 2 is 2.04 bits per heavy atom. The lowest BCUT2D eigenvalue weighted by molar-refractivity contribution is 0.230. The van der Waals surface area contributed by atoms with Crippen molar-refractivity contribution in [1.29, 1.82) is 0 Å². The number of rotatable bonds is 6. The van der Waals surface area contributed by atoms with Crippen LogP contribution in [0.3, 0.4) is 0 Å². The first-order chi connectivity index (χ1) is 11.6. The molecule has 3 aromatic rings. The summed E-state index contributed by atoms with van der Waals surface area (Å²) >= 11 is 1.70. The third-order valence-electron chi connectivity index (χ3n) is 3.45. The number of hydrogen-bond acceptors (Lipinski definition) is 5. The fourth-order valence-corrected chi connectivity index (χ4v) is 3.17. The van der Waals surface area contributed by atoms with E-state index in [1.165, 1.54) is 0 Å². The van der Waals surface area contributed by atoms with Crippen LogP contribution in [0.15, 0.2) is 41.8 Å². The van der Waals surface area contributed by atoms with E-state index in [4.69, 9.17) is 14.5 Å². The van der Waals surface area contributed by atoms with Gasteiger partial charge in [-0.3, -0.25) is 4.40 Å². The van der Waals surface area contributed by atoms with E-state index in [9.17, 15) is 0 Å². The average molecular weight is 343 g/mol. The number of thioether (sulfide) groups is 1. The standard InChI is InChI=1S/C18H21N3O2S/c1-5-24-18-20-14(11-17-19-8-9-21(17)18)13-6-7-15(23-12(2)3)16(10-13)22-4/h6-12H,5H2,1-4H3. The molecule has 0 bridgehead atoms. The SMILES string of the molecule is CCSc1nc(-c2ccc(OC(C)C)c(OC)c2)cc2nccn12. The third-order valence-corrected chi connectivity index (χ3v) is 4.29. The number of hydrogen-bond donors (Lipinski definition) is 0. The van der Waals surface area contributed by atoms with Gasteiger partial charge in [-0.25, -0.2) is 9.97 Å². The first-order valence-corrected chi connectivity index (χ1v) is 8.93. The summed E-state index contributed by atoms with van der Waals surface area (Å²) in [5.41, 5.74) is 2.74. The quantitative estimate of drug-likeness (QED) is 0.493. The molecule has 0 aliphatic heterocycles. The van der Waals surface area contributed by atoms with E-state index in [2.05, 4.69) is 11.9 Å². The summed E-state index contributed by atoms with van der Waals surface area (Å²) in [5.74, 6) is 2.39. The number of ether oxygens (including phenoxy) is 2. The molecule has 0 radical (unpaired) electrons. The van der Waals surface area contributed by atoms with Gasteiger partial charge in [0, 0.05) is 24.0 Å². The van der Waals surface area contributed by atoms with Crippen LogP contribution in [0.5, 0.6) is 11.5 Å². The highest BCUT2D eigenvalue weighted by atomic mass is 32.2. The van der Waals surface area contributed by atoms with E-state index < -0.39 is 0 Å². The molecule has 0 spiro atoms. The Balaban J connectivity index is 2.06. The van der Waals surface area contributed by atoms with Crippen molar-refractivity contribution in [1.82, 2.24) is 14.4 Å². The number of nitrogens with zero attached hydrogens (tertiary/aromatic N) is 3. The topological polar surface area (TPSA) is 48.7 Å². The second kappa shape index (κ2) is 7.13. The summed E-state index contributed by atoms with van der Waals surface area (Å²) in [6, 6.07) is 7.87. The predicted octanol–water partition coefficient (Wildman–Crippen LogP) is 4.30. The Hall–Kier alpha value is -2.21. The smallest absolute Gasteiger partial charge is 0.174 e. The summed E-state index contributed by atoms with van der Waals surface area (Å²) in [7, 11) is 1.65. The zero-order chi connectivity index (χ0) is 17.1. The normalized spacial score (nSPS) is 11.2. The van der Waals surface area contributed by atoms with Crippen LogP contribution in [0.25, 0.3) is 16.9 Å². The maximum absolute atomic E-state index is 5.78. The van der Waals surface area contributed by atoms with Gasteiger partial charge in [-0.05, 0) is 37.8 Å². The summed E-state index contributed by atoms with van der Waals surface area (Å²) in [5, 5.41) is 0.934. The molecule has 3 rings (SSSR count). The molecule has 24 heavy (non-hydrogen) atoms. The first kappa shape index (κ1) is 16.6. The molecule has 0 saturated heterocycles. The molecule has 126 valence electrons. The van der Waals surface area contributed by atoms with Crippen molar-refractivity contribution in [2.45, 2.75) is 32.0 Å². The second-order valence-electron chi connectivity index (χ2n) is 5.54. The van der Waals surface area contributed by atoms with Crippen LogP contribution in [0, 0.1) is 0 Å². The van der Waals surface area contributed by atoms with Crippen molar-refractivity contribution in [2.24, 2.45) is 0 Å². The fraction of sp³-hybridized carbons (Fsp3) is 0.333. The molecule has 0 fully saturated rings. The van der Waals surface area contributed by atoms with Crippen LogP contribution >= 0.6 is 11.8 Å². The van der Waals surface area contributed by atoms with Crippen molar-refractivity contribution < 1.29 is 9.47 Å². The van der Waals surface area contributed by atoms with Crippen LogP contribution in [0.2, 0.25) is 0 Å². The maximum atomic E-state index is 5.78. The molecular formula is C18H21N3O2S. The highest BCUT2D eigenvalue weighted by molar-refractivity contribution is 7.99. The van der Waals surface area contributed by atoms with Crippen LogP contribution in [0.4, 0.5) is 0 Å². The minimum atomic E-state index is 0.0942. The van der Waals surface area contributed by atoms with E-state index in [1.807, 2.05) is 48.7 Å². The van der Waals surface area contributed by atoms with Crippen molar-refractivity contribution in [3.8, 4) is 22.8 Å². The second-order valence-corrected chi connectivity index (χ2v) is 6.78. The molecule has 0 atom stereocenters. The Morgan fingerprint density at radius 1 is 1.21 bits per heavy atom. The third kappa shape index (κ3) is 3.33.